The topological polar surface area (TPSA) is 22.1 Å². The highest BCUT2D eigenvalue weighted by atomic mass is 79.9. The highest BCUT2D eigenvalue weighted by molar-refractivity contribution is 9.09. The third kappa shape index (κ3) is 2.15. The smallest absolute Gasteiger partial charge is 0.0999 e. The van der Waals surface area contributed by atoms with Crippen LogP contribution in [0.25, 0.3) is 0 Å². The number of pyridine rings is 1. The molecule has 0 spiro atoms. The average Bonchev–Trinajstić information content (AvgIpc) is 2.67. The third-order valence-corrected chi connectivity index (χ3v) is 3.27. The molecule has 0 aromatic carbocycles. The van der Waals surface area contributed by atoms with E-state index in [2.05, 4.69) is 33.0 Å². The molecule has 2 unspecified atom stereocenters. The van der Waals surface area contributed by atoms with Crippen molar-refractivity contribution in [2.75, 3.05) is 5.33 Å². The van der Waals surface area contributed by atoms with Gasteiger partial charge in [-0.05, 0) is 31.4 Å². The maximum absolute atomic E-state index is 5.83. The van der Waals surface area contributed by atoms with E-state index in [1.165, 1.54) is 5.56 Å². The van der Waals surface area contributed by atoms with Crippen molar-refractivity contribution in [2.45, 2.75) is 32.0 Å². The van der Waals surface area contributed by atoms with Crippen molar-refractivity contribution >= 4 is 15.9 Å². The lowest BCUT2D eigenvalue weighted by Gasteiger charge is -2.11. The minimum absolute atomic E-state index is 0.207. The molecule has 2 nitrogen and oxygen atoms in total. The lowest BCUT2D eigenvalue weighted by molar-refractivity contribution is 0.0563. The minimum Gasteiger partial charge on any atom is -0.368 e. The second kappa shape index (κ2) is 4.41. The first-order chi connectivity index (χ1) is 6.79. The SMILES string of the molecule is Cc1ccc(C2CCC(CBr)O2)nc1. The number of halogens is 1. The number of nitrogens with zero attached hydrogens (tertiary/aromatic N) is 1. The molecule has 14 heavy (non-hydrogen) atoms. The molecule has 0 aliphatic carbocycles. The first-order valence-corrected chi connectivity index (χ1v) is 6.05. The van der Waals surface area contributed by atoms with Gasteiger partial charge in [0, 0.05) is 11.5 Å². The molecule has 0 N–H and O–H groups in total. The second-order valence-corrected chi connectivity index (χ2v) is 4.39. The van der Waals surface area contributed by atoms with Crippen molar-refractivity contribution in [2.24, 2.45) is 0 Å². The Hall–Kier alpha value is -0.410. The number of ether oxygens (including phenoxy) is 1. The Morgan fingerprint density at radius 1 is 1.50 bits per heavy atom. The monoisotopic (exact) mass is 255 g/mol. The lowest BCUT2D eigenvalue weighted by Crippen LogP contribution is -2.08. The van der Waals surface area contributed by atoms with Gasteiger partial charge in [-0.2, -0.15) is 0 Å². The number of aryl methyl sites for hydroxylation is 1. The predicted octanol–water partition coefficient (Wildman–Crippen LogP) is 3.01. The molecule has 2 heterocycles. The second-order valence-electron chi connectivity index (χ2n) is 3.74. The van der Waals surface area contributed by atoms with E-state index in [1.54, 1.807) is 0 Å². The number of rotatable bonds is 2. The first-order valence-electron chi connectivity index (χ1n) is 4.93. The van der Waals surface area contributed by atoms with Crippen LogP contribution in [0, 0.1) is 6.92 Å². The van der Waals surface area contributed by atoms with Crippen molar-refractivity contribution in [1.82, 2.24) is 4.98 Å². The third-order valence-electron chi connectivity index (χ3n) is 2.54. The molecule has 0 radical (unpaired) electrons. The molecular weight excluding hydrogens is 242 g/mol. The fourth-order valence-electron chi connectivity index (χ4n) is 1.71. The van der Waals surface area contributed by atoms with Crippen LogP contribution in [0.3, 0.4) is 0 Å². The van der Waals surface area contributed by atoms with Crippen molar-refractivity contribution in [3.63, 3.8) is 0 Å². The molecule has 0 amide bonds. The largest absolute Gasteiger partial charge is 0.368 e. The number of alkyl halides is 1. The maximum atomic E-state index is 5.83. The summed E-state index contributed by atoms with van der Waals surface area (Å²) in [6.45, 7) is 2.05. The van der Waals surface area contributed by atoms with Crippen molar-refractivity contribution in [3.05, 3.63) is 29.6 Å². The van der Waals surface area contributed by atoms with Crippen LogP contribution in [-0.2, 0) is 4.74 Å². The summed E-state index contributed by atoms with van der Waals surface area (Å²) in [7, 11) is 0. The summed E-state index contributed by atoms with van der Waals surface area (Å²) in [4.78, 5) is 4.39. The van der Waals surface area contributed by atoms with Crippen molar-refractivity contribution in [1.29, 1.82) is 0 Å². The summed E-state index contributed by atoms with van der Waals surface area (Å²) in [5.41, 5.74) is 2.27. The number of hydrogen-bond acceptors (Lipinski definition) is 2. The Morgan fingerprint density at radius 2 is 2.36 bits per heavy atom. The summed E-state index contributed by atoms with van der Waals surface area (Å²) >= 11 is 3.44. The van der Waals surface area contributed by atoms with Gasteiger partial charge in [0.05, 0.1) is 17.9 Å². The van der Waals surface area contributed by atoms with E-state index >= 15 is 0 Å². The summed E-state index contributed by atoms with van der Waals surface area (Å²) in [5.74, 6) is 0. The Labute approximate surface area is 92.8 Å². The van der Waals surface area contributed by atoms with Crippen LogP contribution in [0.4, 0.5) is 0 Å². The Balaban J connectivity index is 2.06. The highest BCUT2D eigenvalue weighted by Crippen LogP contribution is 2.32. The lowest BCUT2D eigenvalue weighted by atomic mass is 10.1. The van der Waals surface area contributed by atoms with E-state index in [-0.39, 0.29) is 6.10 Å². The van der Waals surface area contributed by atoms with E-state index in [4.69, 9.17) is 4.74 Å². The maximum Gasteiger partial charge on any atom is 0.0999 e. The number of aromatic nitrogens is 1. The van der Waals surface area contributed by atoms with E-state index in [9.17, 15) is 0 Å². The fourth-order valence-corrected chi connectivity index (χ4v) is 2.18. The van der Waals surface area contributed by atoms with Crippen LogP contribution in [0.15, 0.2) is 18.3 Å². The summed E-state index contributed by atoms with van der Waals surface area (Å²) in [5, 5.41) is 0.926. The normalized spacial score (nSPS) is 26.7. The molecule has 3 heteroatoms. The van der Waals surface area contributed by atoms with Gasteiger partial charge in [0.1, 0.15) is 0 Å². The molecule has 1 aliphatic rings. The molecule has 0 saturated carbocycles. The zero-order valence-corrected chi connectivity index (χ0v) is 9.83. The van der Waals surface area contributed by atoms with E-state index in [0.717, 1.165) is 23.9 Å². The van der Waals surface area contributed by atoms with Gasteiger partial charge in [-0.3, -0.25) is 4.98 Å². The van der Waals surface area contributed by atoms with Gasteiger partial charge in [-0.15, -0.1) is 0 Å². The quantitative estimate of drug-likeness (QED) is 0.759. The standard InChI is InChI=1S/C11H14BrNO/c1-8-2-4-10(13-7-8)11-5-3-9(6-12)14-11/h2,4,7,9,11H,3,5-6H2,1H3. The van der Waals surface area contributed by atoms with E-state index in [1.807, 2.05) is 13.1 Å². The fraction of sp³-hybridized carbons (Fsp3) is 0.545. The van der Waals surface area contributed by atoms with Gasteiger partial charge in [0.2, 0.25) is 0 Å². The molecule has 1 aromatic rings. The molecule has 1 aliphatic heterocycles. The molecule has 2 atom stereocenters. The molecule has 1 fully saturated rings. The average molecular weight is 256 g/mol. The summed E-state index contributed by atoms with van der Waals surface area (Å²) in [6, 6.07) is 4.16. The zero-order chi connectivity index (χ0) is 9.97. The molecule has 2 rings (SSSR count). The highest BCUT2D eigenvalue weighted by Gasteiger charge is 2.26. The first kappa shape index (κ1) is 10.1. The van der Waals surface area contributed by atoms with E-state index in [0.29, 0.717) is 6.10 Å². The zero-order valence-electron chi connectivity index (χ0n) is 8.24. The van der Waals surface area contributed by atoms with Crippen LogP contribution in [0.1, 0.15) is 30.2 Å². The van der Waals surface area contributed by atoms with Crippen LogP contribution in [-0.4, -0.2) is 16.4 Å². The van der Waals surface area contributed by atoms with Gasteiger partial charge < -0.3 is 4.74 Å². The Kier molecular flexibility index (Phi) is 3.19. The molecular formula is C11H14BrNO. The Bertz CT molecular complexity index is 299. The minimum atomic E-state index is 0.207. The summed E-state index contributed by atoms with van der Waals surface area (Å²) < 4.78 is 5.83. The van der Waals surface area contributed by atoms with Crippen LogP contribution in [0.2, 0.25) is 0 Å². The molecule has 1 aromatic heterocycles. The predicted molar refractivity (Wildman–Crippen MR) is 59.6 cm³/mol. The molecule has 0 bridgehead atoms. The van der Waals surface area contributed by atoms with Gasteiger partial charge >= 0.3 is 0 Å². The van der Waals surface area contributed by atoms with Gasteiger partial charge in [-0.1, -0.05) is 22.0 Å². The molecule has 1 saturated heterocycles. The Morgan fingerprint density at radius 3 is 2.93 bits per heavy atom. The van der Waals surface area contributed by atoms with Crippen LogP contribution < -0.4 is 0 Å². The van der Waals surface area contributed by atoms with Gasteiger partial charge in [-0.25, -0.2) is 0 Å². The van der Waals surface area contributed by atoms with Crippen molar-refractivity contribution in [3.8, 4) is 0 Å². The van der Waals surface area contributed by atoms with Crippen LogP contribution in [0.5, 0.6) is 0 Å². The van der Waals surface area contributed by atoms with E-state index < -0.39 is 0 Å². The number of hydrogen-bond donors (Lipinski definition) is 0. The van der Waals surface area contributed by atoms with Gasteiger partial charge in [0.25, 0.3) is 0 Å². The molecule has 76 valence electrons. The summed E-state index contributed by atoms with van der Waals surface area (Å²) in [6.07, 6.45) is 4.69. The van der Waals surface area contributed by atoms with Gasteiger partial charge in [0.15, 0.2) is 0 Å². The van der Waals surface area contributed by atoms with Crippen molar-refractivity contribution < 1.29 is 4.74 Å². The van der Waals surface area contributed by atoms with Crippen LogP contribution >= 0.6 is 15.9 Å².